The third-order valence-corrected chi connectivity index (χ3v) is 7.47. The van der Waals surface area contributed by atoms with Crippen LogP contribution < -0.4 is 5.32 Å². The summed E-state index contributed by atoms with van der Waals surface area (Å²) in [6, 6.07) is 10.0. The molecule has 0 radical (unpaired) electrons. The molecule has 0 saturated carbocycles. The van der Waals surface area contributed by atoms with E-state index < -0.39 is 11.9 Å². The Labute approximate surface area is 215 Å². The van der Waals surface area contributed by atoms with Crippen LogP contribution in [0.1, 0.15) is 48.7 Å². The number of fused-ring (bicyclic) bond motifs is 1. The number of hydrogen-bond acceptors (Lipinski definition) is 6. The van der Waals surface area contributed by atoms with E-state index >= 15 is 0 Å². The van der Waals surface area contributed by atoms with E-state index in [2.05, 4.69) is 29.2 Å². The first kappa shape index (κ1) is 24.0. The molecule has 5 rings (SSSR count). The summed E-state index contributed by atoms with van der Waals surface area (Å²) in [6.07, 6.45) is 1.08. The van der Waals surface area contributed by atoms with Crippen molar-refractivity contribution < 1.29 is 14.0 Å². The van der Waals surface area contributed by atoms with Crippen molar-refractivity contribution in [3.63, 3.8) is 0 Å². The third-order valence-electron chi connectivity index (χ3n) is 6.07. The van der Waals surface area contributed by atoms with Gasteiger partial charge in [0.2, 0.25) is 11.1 Å². The summed E-state index contributed by atoms with van der Waals surface area (Å²) in [5.74, 6) is 0.0244. The summed E-state index contributed by atoms with van der Waals surface area (Å²) in [5.41, 5.74) is 2.34. The van der Waals surface area contributed by atoms with Crippen LogP contribution in [0.3, 0.4) is 0 Å². The van der Waals surface area contributed by atoms with Crippen molar-refractivity contribution in [2.75, 3.05) is 11.1 Å². The summed E-state index contributed by atoms with van der Waals surface area (Å²) in [5, 5.41) is 9.23. The van der Waals surface area contributed by atoms with Gasteiger partial charge in [-0.1, -0.05) is 54.9 Å². The van der Waals surface area contributed by atoms with Crippen LogP contribution in [0.15, 0.2) is 58.9 Å². The first-order chi connectivity index (χ1) is 16.6. The Balaban J connectivity index is 1.50. The van der Waals surface area contributed by atoms with Crippen molar-refractivity contribution >= 4 is 52.5 Å². The van der Waals surface area contributed by atoms with E-state index in [1.807, 2.05) is 0 Å². The number of nitrogens with zero attached hydrogens (tertiary/aromatic N) is 3. The van der Waals surface area contributed by atoms with Crippen molar-refractivity contribution in [3.8, 4) is 0 Å². The van der Waals surface area contributed by atoms with E-state index in [1.54, 1.807) is 22.9 Å². The summed E-state index contributed by atoms with van der Waals surface area (Å²) in [7, 11) is 0. The number of carbonyl (C=O) groups excluding carboxylic acids is 2. The van der Waals surface area contributed by atoms with Crippen LogP contribution in [-0.4, -0.2) is 32.1 Å². The maximum Gasteiger partial charge on any atom is 0.227 e. The summed E-state index contributed by atoms with van der Waals surface area (Å²) in [4.78, 5) is 30.5. The molecule has 1 N–H and O–H groups in total. The first-order valence-electron chi connectivity index (χ1n) is 11.0. The standard InChI is InChI=1S/C25H21Cl2FN4O2S/c1-25(2)10-18-21(19(33)11-25)22(16-8-5-14(26)9-17(16)27)32-23(29-18)30-24(31-32)35-12-20(34)13-3-6-15(28)7-4-13/h3-9,22H,10-12H2,1-2H3,(H,29,30,31)/t22-/m0/s1. The Morgan fingerprint density at radius 3 is 2.66 bits per heavy atom. The third kappa shape index (κ3) is 4.75. The van der Waals surface area contributed by atoms with E-state index in [4.69, 9.17) is 23.2 Å². The molecule has 2 aromatic carbocycles. The SMILES string of the molecule is CC1(C)CC(=O)C2=C(C1)Nc1nc(SCC(=O)c3ccc(F)cc3)nn1[C@H]2c1ccc(Cl)cc1Cl. The molecule has 10 heteroatoms. The molecule has 0 saturated heterocycles. The number of anilines is 1. The van der Waals surface area contributed by atoms with Crippen LogP contribution in [0.5, 0.6) is 0 Å². The highest BCUT2D eigenvalue weighted by molar-refractivity contribution is 7.99. The zero-order valence-corrected chi connectivity index (χ0v) is 21.3. The van der Waals surface area contributed by atoms with Gasteiger partial charge in [0.05, 0.1) is 5.75 Å². The van der Waals surface area contributed by atoms with Crippen LogP contribution in [-0.2, 0) is 4.79 Å². The van der Waals surface area contributed by atoms with Gasteiger partial charge in [-0.2, -0.15) is 4.98 Å². The van der Waals surface area contributed by atoms with Crippen LogP contribution >= 0.6 is 35.0 Å². The number of rotatable bonds is 5. The summed E-state index contributed by atoms with van der Waals surface area (Å²) >= 11 is 13.9. The molecule has 0 fully saturated rings. The quantitative estimate of drug-likeness (QED) is 0.305. The molecule has 2 aliphatic rings. The number of ketones is 2. The fourth-order valence-electron chi connectivity index (χ4n) is 4.51. The average Bonchev–Trinajstić information content (AvgIpc) is 3.18. The second-order valence-corrected chi connectivity index (χ2v) is 11.2. The van der Waals surface area contributed by atoms with Crippen LogP contribution in [0, 0.1) is 11.2 Å². The number of allylic oxidation sites excluding steroid dienone is 2. The number of Topliss-reactive ketones (excluding diaryl/α,β-unsaturated/α-hetero) is 2. The molecule has 3 aromatic rings. The van der Waals surface area contributed by atoms with Gasteiger partial charge >= 0.3 is 0 Å². The Kier molecular flexibility index (Phi) is 6.23. The fourth-order valence-corrected chi connectivity index (χ4v) is 5.75. The Morgan fingerprint density at radius 1 is 1.20 bits per heavy atom. The lowest BCUT2D eigenvalue weighted by Crippen LogP contribution is -2.36. The molecular weight excluding hydrogens is 510 g/mol. The molecule has 0 spiro atoms. The molecule has 1 atom stereocenters. The molecule has 1 aliphatic carbocycles. The molecule has 6 nitrogen and oxygen atoms in total. The number of halogens is 3. The van der Waals surface area contributed by atoms with Gasteiger partial charge in [0, 0.05) is 38.9 Å². The maximum atomic E-state index is 13.3. The van der Waals surface area contributed by atoms with Crippen LogP contribution in [0.25, 0.3) is 0 Å². The van der Waals surface area contributed by atoms with Crippen molar-refractivity contribution in [2.45, 2.75) is 37.9 Å². The Hall–Kier alpha value is -2.68. The van der Waals surface area contributed by atoms with Crippen molar-refractivity contribution in [1.29, 1.82) is 0 Å². The van der Waals surface area contributed by atoms with Gasteiger partial charge in [-0.05, 0) is 48.2 Å². The number of benzene rings is 2. The molecule has 0 unspecified atom stereocenters. The van der Waals surface area contributed by atoms with Gasteiger partial charge in [0.1, 0.15) is 11.9 Å². The van der Waals surface area contributed by atoms with Crippen molar-refractivity contribution in [3.05, 3.63) is 80.7 Å². The minimum absolute atomic E-state index is 0.0293. The van der Waals surface area contributed by atoms with E-state index in [-0.39, 0.29) is 22.7 Å². The molecule has 1 aromatic heterocycles. The predicted molar refractivity (Wildman–Crippen MR) is 135 cm³/mol. The Morgan fingerprint density at radius 2 is 1.94 bits per heavy atom. The van der Waals surface area contributed by atoms with E-state index in [1.165, 1.54) is 36.0 Å². The van der Waals surface area contributed by atoms with Gasteiger partial charge in [-0.15, -0.1) is 5.10 Å². The lowest BCUT2D eigenvalue weighted by molar-refractivity contribution is -0.118. The minimum atomic E-state index is -0.565. The lowest BCUT2D eigenvalue weighted by Gasteiger charge is -2.38. The zero-order valence-electron chi connectivity index (χ0n) is 18.9. The second kappa shape index (κ2) is 9.08. The highest BCUT2D eigenvalue weighted by Crippen LogP contribution is 2.47. The number of aromatic nitrogens is 3. The number of thioether (sulfide) groups is 1. The molecule has 0 amide bonds. The molecule has 180 valence electrons. The van der Waals surface area contributed by atoms with Crippen molar-refractivity contribution in [2.24, 2.45) is 5.41 Å². The number of nitrogens with one attached hydrogen (secondary N) is 1. The summed E-state index contributed by atoms with van der Waals surface area (Å²) < 4.78 is 14.8. The second-order valence-electron chi connectivity index (χ2n) is 9.41. The zero-order chi connectivity index (χ0) is 24.9. The first-order valence-corrected chi connectivity index (χ1v) is 12.7. The smallest absolute Gasteiger partial charge is 0.227 e. The van der Waals surface area contributed by atoms with Crippen LogP contribution in [0.4, 0.5) is 10.3 Å². The van der Waals surface area contributed by atoms with E-state index in [0.29, 0.717) is 50.7 Å². The van der Waals surface area contributed by atoms with Crippen LogP contribution in [0.2, 0.25) is 10.0 Å². The van der Waals surface area contributed by atoms with Gasteiger partial charge < -0.3 is 5.32 Å². The molecule has 2 heterocycles. The number of carbonyl (C=O) groups is 2. The topological polar surface area (TPSA) is 76.9 Å². The molecule has 35 heavy (non-hydrogen) atoms. The summed E-state index contributed by atoms with van der Waals surface area (Å²) in [6.45, 7) is 4.12. The molecule has 0 bridgehead atoms. The fraction of sp³-hybridized carbons (Fsp3) is 0.280. The molecular formula is C25H21Cl2FN4O2S. The van der Waals surface area contributed by atoms with Gasteiger partial charge in [0.15, 0.2) is 11.6 Å². The molecule has 1 aliphatic heterocycles. The maximum absolute atomic E-state index is 13.3. The van der Waals surface area contributed by atoms with Gasteiger partial charge in [-0.3, -0.25) is 9.59 Å². The largest absolute Gasteiger partial charge is 0.328 e. The lowest BCUT2D eigenvalue weighted by atomic mass is 9.73. The van der Waals surface area contributed by atoms with Gasteiger partial charge in [0.25, 0.3) is 0 Å². The van der Waals surface area contributed by atoms with E-state index in [0.717, 1.165) is 5.70 Å². The average molecular weight is 531 g/mol. The van der Waals surface area contributed by atoms with Gasteiger partial charge in [-0.25, -0.2) is 9.07 Å². The highest BCUT2D eigenvalue weighted by Gasteiger charge is 2.42. The predicted octanol–water partition coefficient (Wildman–Crippen LogP) is 6.36. The Bertz CT molecular complexity index is 1380. The normalized spacial score (nSPS) is 18.7. The minimum Gasteiger partial charge on any atom is -0.328 e. The highest BCUT2D eigenvalue weighted by atomic mass is 35.5. The van der Waals surface area contributed by atoms with Crippen molar-refractivity contribution in [1.82, 2.24) is 14.8 Å². The monoisotopic (exact) mass is 530 g/mol. The number of hydrogen-bond donors (Lipinski definition) is 1. The van der Waals surface area contributed by atoms with E-state index in [9.17, 15) is 14.0 Å².